The maximum atomic E-state index is 12.8. The van der Waals surface area contributed by atoms with Crippen LogP contribution in [0.5, 0.6) is 0 Å². The van der Waals surface area contributed by atoms with Crippen LogP contribution in [0.25, 0.3) is 0 Å². The van der Waals surface area contributed by atoms with E-state index in [2.05, 4.69) is 20.9 Å². The molecule has 5 amide bonds. The molecule has 0 saturated heterocycles. The number of nitrogens with two attached hydrogens (primary N) is 5. The summed E-state index contributed by atoms with van der Waals surface area (Å²) in [4.78, 5) is 76.0. The van der Waals surface area contributed by atoms with Crippen LogP contribution in [0.4, 0.5) is 0 Å². The van der Waals surface area contributed by atoms with Gasteiger partial charge >= 0.3 is 5.97 Å². The topological polar surface area (TPSA) is 301 Å². The van der Waals surface area contributed by atoms with Gasteiger partial charge in [0.05, 0.1) is 18.9 Å². The Bertz CT molecular complexity index is 843. The Kier molecular flexibility index (Phi) is 14.1. The number of nitrogens with one attached hydrogen (secondary N) is 3. The van der Waals surface area contributed by atoms with Gasteiger partial charge in [-0.05, 0) is 25.2 Å². The first-order valence-electron chi connectivity index (χ1n) is 11.1. The second-order valence-electron chi connectivity index (χ2n) is 8.55. The number of amides is 5. The van der Waals surface area contributed by atoms with Crippen molar-refractivity contribution in [3.8, 4) is 0 Å². The quantitative estimate of drug-likeness (QED) is 0.0509. The maximum Gasteiger partial charge on any atom is 0.326 e. The number of aliphatic carboxylic acids is 1. The lowest BCUT2D eigenvalue weighted by Gasteiger charge is -2.24. The van der Waals surface area contributed by atoms with Crippen molar-refractivity contribution in [2.45, 2.75) is 70.1 Å². The minimum atomic E-state index is -1.58. The molecule has 0 rings (SSSR count). The highest BCUT2D eigenvalue weighted by Crippen LogP contribution is 2.07. The number of primary amides is 2. The van der Waals surface area contributed by atoms with Gasteiger partial charge in [-0.1, -0.05) is 13.8 Å². The lowest BCUT2D eigenvalue weighted by Crippen LogP contribution is -2.58. The second-order valence-corrected chi connectivity index (χ2v) is 8.55. The van der Waals surface area contributed by atoms with E-state index >= 15 is 0 Å². The number of hydrogen-bond donors (Lipinski definition) is 9. The minimum Gasteiger partial charge on any atom is -0.480 e. The summed E-state index contributed by atoms with van der Waals surface area (Å²) in [5.41, 5.74) is 26.5. The molecule has 0 aromatic heterocycles. The molecule has 0 radical (unpaired) electrons. The number of carboxylic acid groups (broad SMARTS) is 1. The number of nitrogens with zero attached hydrogens (tertiary/aromatic N) is 1. The summed E-state index contributed by atoms with van der Waals surface area (Å²) < 4.78 is 0. The maximum absolute atomic E-state index is 12.8. The molecule has 0 heterocycles. The van der Waals surface area contributed by atoms with E-state index < -0.39 is 72.5 Å². The zero-order chi connectivity index (χ0) is 28.0. The fourth-order valence-electron chi connectivity index (χ4n) is 2.99. The lowest BCUT2D eigenvalue weighted by molar-refractivity contribution is -0.143. The van der Waals surface area contributed by atoms with Crippen LogP contribution in [0, 0.1) is 5.92 Å². The summed E-state index contributed by atoms with van der Waals surface area (Å²) in [7, 11) is 0. The average molecular weight is 516 g/mol. The largest absolute Gasteiger partial charge is 0.480 e. The van der Waals surface area contributed by atoms with Gasteiger partial charge in [-0.2, -0.15) is 0 Å². The van der Waals surface area contributed by atoms with E-state index in [1.165, 1.54) is 0 Å². The van der Waals surface area contributed by atoms with Crippen molar-refractivity contribution in [3.05, 3.63) is 0 Å². The molecule has 4 unspecified atom stereocenters. The highest BCUT2D eigenvalue weighted by molar-refractivity contribution is 5.97. The molecule has 0 aliphatic carbocycles. The Hall–Kier alpha value is -3.95. The molecule has 0 spiro atoms. The molecule has 0 aromatic rings. The molecule has 4 atom stereocenters. The third-order valence-electron chi connectivity index (χ3n) is 4.70. The lowest BCUT2D eigenvalue weighted by atomic mass is 10.0. The van der Waals surface area contributed by atoms with Crippen molar-refractivity contribution in [1.82, 2.24) is 16.0 Å². The third kappa shape index (κ3) is 13.7. The zero-order valence-corrected chi connectivity index (χ0v) is 20.4. The van der Waals surface area contributed by atoms with Gasteiger partial charge in [-0.25, -0.2) is 4.79 Å². The molecule has 36 heavy (non-hydrogen) atoms. The fraction of sp³-hybridized carbons (Fsp3) is 0.650. The standard InChI is InChI=1S/C20H37N9O7/c1-9(2)6-13(19(35)36)29-18(34)12(8-15(23)31)28-17(33)11(7-14(22)30)27-16(32)10(21)4-3-5-26-20(24)25/h9-13H,3-8,21H2,1-2H3,(H2,22,30)(H2,23,31)(H,27,32)(H,28,33)(H,29,34)(H,35,36)(H4,24,25,26). The number of rotatable bonds is 17. The molecule has 16 heteroatoms. The molecular formula is C20H37N9O7. The van der Waals surface area contributed by atoms with Crippen molar-refractivity contribution < 1.29 is 33.9 Å². The molecule has 0 aliphatic rings. The van der Waals surface area contributed by atoms with E-state index in [4.69, 9.17) is 28.7 Å². The molecule has 0 aliphatic heterocycles. The van der Waals surface area contributed by atoms with Gasteiger partial charge in [-0.3, -0.25) is 29.0 Å². The van der Waals surface area contributed by atoms with Crippen LogP contribution in [0.1, 0.15) is 46.0 Å². The zero-order valence-electron chi connectivity index (χ0n) is 20.4. The third-order valence-corrected chi connectivity index (χ3v) is 4.70. The summed E-state index contributed by atoms with van der Waals surface area (Å²) in [6.07, 6.45) is -0.741. The molecule has 0 saturated carbocycles. The van der Waals surface area contributed by atoms with E-state index in [0.717, 1.165) is 0 Å². The minimum absolute atomic E-state index is 0.0831. The van der Waals surface area contributed by atoms with Gasteiger partial charge in [0.1, 0.15) is 18.1 Å². The molecule has 0 fully saturated rings. The van der Waals surface area contributed by atoms with E-state index in [9.17, 15) is 33.9 Å². The van der Waals surface area contributed by atoms with Gasteiger partial charge in [0.2, 0.25) is 29.5 Å². The molecule has 0 bridgehead atoms. The van der Waals surface area contributed by atoms with Crippen molar-refractivity contribution in [1.29, 1.82) is 0 Å². The number of carbonyl (C=O) groups is 6. The van der Waals surface area contributed by atoms with Crippen molar-refractivity contribution in [2.24, 2.45) is 39.6 Å². The predicted molar refractivity (Wildman–Crippen MR) is 128 cm³/mol. The smallest absolute Gasteiger partial charge is 0.326 e. The number of carbonyl (C=O) groups excluding carboxylic acids is 5. The Balaban J connectivity index is 5.44. The van der Waals surface area contributed by atoms with Gasteiger partial charge in [0.15, 0.2) is 5.96 Å². The number of hydrogen-bond acceptors (Lipinski definition) is 8. The Morgan fingerprint density at radius 2 is 1.22 bits per heavy atom. The van der Waals surface area contributed by atoms with Crippen molar-refractivity contribution in [3.63, 3.8) is 0 Å². The molecule has 0 aromatic carbocycles. The Labute approximate surface area is 208 Å². The summed E-state index contributed by atoms with van der Waals surface area (Å²) in [5, 5.41) is 16.1. The Morgan fingerprint density at radius 3 is 1.61 bits per heavy atom. The monoisotopic (exact) mass is 515 g/mol. The molecule has 14 N–H and O–H groups in total. The van der Waals surface area contributed by atoms with E-state index in [0.29, 0.717) is 6.42 Å². The van der Waals surface area contributed by atoms with Gasteiger partial charge in [0, 0.05) is 6.54 Å². The highest BCUT2D eigenvalue weighted by atomic mass is 16.4. The average Bonchev–Trinajstić information content (AvgIpc) is 2.73. The normalized spacial score (nSPS) is 14.0. The van der Waals surface area contributed by atoms with Gasteiger partial charge in [0.25, 0.3) is 0 Å². The van der Waals surface area contributed by atoms with E-state index in [-0.39, 0.29) is 31.3 Å². The van der Waals surface area contributed by atoms with E-state index in [1.807, 2.05) is 0 Å². The van der Waals surface area contributed by atoms with Crippen LogP contribution in [0.2, 0.25) is 0 Å². The van der Waals surface area contributed by atoms with E-state index in [1.54, 1.807) is 13.8 Å². The fourth-order valence-corrected chi connectivity index (χ4v) is 2.99. The summed E-state index contributed by atoms with van der Waals surface area (Å²) in [6, 6.07) is -5.49. The summed E-state index contributed by atoms with van der Waals surface area (Å²) in [5.74, 6) is -6.26. The molecule has 16 nitrogen and oxygen atoms in total. The van der Waals surface area contributed by atoms with Gasteiger partial charge < -0.3 is 49.7 Å². The van der Waals surface area contributed by atoms with Crippen molar-refractivity contribution in [2.75, 3.05) is 6.54 Å². The van der Waals surface area contributed by atoms with Crippen LogP contribution in [0.3, 0.4) is 0 Å². The number of guanidine groups is 1. The van der Waals surface area contributed by atoms with Crippen LogP contribution in [-0.2, 0) is 28.8 Å². The van der Waals surface area contributed by atoms with Crippen molar-refractivity contribution >= 4 is 41.5 Å². The Morgan fingerprint density at radius 1 is 0.778 bits per heavy atom. The van der Waals surface area contributed by atoms with Crippen LogP contribution >= 0.6 is 0 Å². The van der Waals surface area contributed by atoms with Crippen LogP contribution in [0.15, 0.2) is 4.99 Å². The van der Waals surface area contributed by atoms with Crippen LogP contribution in [-0.4, -0.2) is 77.3 Å². The first kappa shape index (κ1) is 32.0. The number of carboxylic acids is 1. The molecule has 204 valence electrons. The summed E-state index contributed by atoms with van der Waals surface area (Å²) in [6.45, 7) is 3.70. The van der Waals surface area contributed by atoms with Gasteiger partial charge in [-0.15, -0.1) is 0 Å². The molecular weight excluding hydrogens is 478 g/mol. The van der Waals surface area contributed by atoms with Crippen LogP contribution < -0.4 is 44.6 Å². The second kappa shape index (κ2) is 15.9. The SMILES string of the molecule is CC(C)CC(NC(=O)C(CC(N)=O)NC(=O)C(CC(N)=O)NC(=O)C(N)CCCN=C(N)N)C(=O)O. The first-order valence-corrected chi connectivity index (χ1v) is 11.1. The predicted octanol–water partition coefficient (Wildman–Crippen LogP) is -4.30. The highest BCUT2D eigenvalue weighted by Gasteiger charge is 2.32. The first-order chi connectivity index (χ1) is 16.6. The number of aliphatic imine (C=N–C) groups is 1. The summed E-state index contributed by atoms with van der Waals surface area (Å²) >= 11 is 0.